The van der Waals surface area contributed by atoms with E-state index in [-0.39, 0.29) is 5.56 Å². The summed E-state index contributed by atoms with van der Waals surface area (Å²) < 4.78 is 1.78. The quantitative estimate of drug-likeness (QED) is 0.623. The van der Waals surface area contributed by atoms with Gasteiger partial charge in [0.25, 0.3) is 5.56 Å². The van der Waals surface area contributed by atoms with Gasteiger partial charge < -0.3 is 20.5 Å². The zero-order valence-electron chi connectivity index (χ0n) is 16.8. The summed E-state index contributed by atoms with van der Waals surface area (Å²) in [7, 11) is 0. The lowest BCUT2D eigenvalue weighted by Crippen LogP contribution is -2.43. The maximum atomic E-state index is 12.3. The number of nitrogens with zero attached hydrogens (tertiary/aromatic N) is 4. The molecule has 152 valence electrons. The number of hydrogen-bond donors (Lipinski definition) is 2. The maximum Gasteiger partial charge on any atom is 0.269 e. The smallest absolute Gasteiger partial charge is 0.269 e. The molecule has 3 heterocycles. The lowest BCUT2D eigenvalue weighted by Gasteiger charge is -2.32. The summed E-state index contributed by atoms with van der Waals surface area (Å²) in [5, 5.41) is 3.66. The van der Waals surface area contributed by atoms with Crippen LogP contribution in [0.15, 0.2) is 47.5 Å². The fourth-order valence-corrected chi connectivity index (χ4v) is 3.90. The SMILES string of the molecule is Cc1ccc(CNC2CCN(CCn3c(=O)cnc4ncccc43)CC2)cc1N. The third-order valence-corrected chi connectivity index (χ3v) is 5.79. The van der Waals surface area contributed by atoms with E-state index in [2.05, 4.69) is 38.4 Å². The lowest BCUT2D eigenvalue weighted by molar-refractivity contribution is 0.191. The number of pyridine rings is 1. The van der Waals surface area contributed by atoms with Gasteiger partial charge in [0.05, 0.1) is 11.7 Å². The van der Waals surface area contributed by atoms with Crippen molar-refractivity contribution in [2.75, 3.05) is 25.4 Å². The number of likely N-dealkylation sites (tertiary alicyclic amines) is 1. The number of hydrogen-bond acceptors (Lipinski definition) is 6. The monoisotopic (exact) mass is 392 g/mol. The van der Waals surface area contributed by atoms with Crippen molar-refractivity contribution in [3.05, 3.63) is 64.2 Å². The largest absolute Gasteiger partial charge is 0.399 e. The Labute approximate surface area is 170 Å². The van der Waals surface area contributed by atoms with Crippen LogP contribution in [0.25, 0.3) is 11.2 Å². The molecule has 1 saturated heterocycles. The highest BCUT2D eigenvalue weighted by Gasteiger charge is 2.19. The van der Waals surface area contributed by atoms with Crippen LogP contribution >= 0.6 is 0 Å². The van der Waals surface area contributed by atoms with E-state index in [0.29, 0.717) is 18.2 Å². The van der Waals surface area contributed by atoms with Gasteiger partial charge in [-0.3, -0.25) is 4.79 Å². The van der Waals surface area contributed by atoms with E-state index in [1.165, 1.54) is 11.8 Å². The average molecular weight is 393 g/mol. The van der Waals surface area contributed by atoms with E-state index in [1.807, 2.05) is 19.1 Å². The molecule has 1 aliphatic heterocycles. The van der Waals surface area contributed by atoms with Crippen molar-refractivity contribution in [1.82, 2.24) is 24.8 Å². The Morgan fingerprint density at radius 1 is 1.17 bits per heavy atom. The Kier molecular flexibility index (Phi) is 5.87. The third kappa shape index (κ3) is 4.63. The van der Waals surface area contributed by atoms with Gasteiger partial charge in [-0.1, -0.05) is 12.1 Å². The fraction of sp³-hybridized carbons (Fsp3) is 0.409. The molecule has 7 nitrogen and oxygen atoms in total. The second-order valence-corrected chi connectivity index (χ2v) is 7.78. The first-order valence-corrected chi connectivity index (χ1v) is 10.2. The number of piperidine rings is 1. The normalized spacial score (nSPS) is 15.8. The summed E-state index contributed by atoms with van der Waals surface area (Å²) in [6.45, 7) is 6.45. The highest BCUT2D eigenvalue weighted by atomic mass is 16.1. The van der Waals surface area contributed by atoms with Gasteiger partial charge in [0.15, 0.2) is 5.65 Å². The van der Waals surface area contributed by atoms with E-state index >= 15 is 0 Å². The Balaban J connectivity index is 1.28. The first-order valence-electron chi connectivity index (χ1n) is 10.2. The summed E-state index contributed by atoms with van der Waals surface area (Å²) in [6.07, 6.45) is 5.28. The van der Waals surface area contributed by atoms with Crippen molar-refractivity contribution in [3.8, 4) is 0 Å². The molecule has 1 aliphatic rings. The van der Waals surface area contributed by atoms with Crippen molar-refractivity contribution in [1.29, 1.82) is 0 Å². The Morgan fingerprint density at radius 2 is 2.00 bits per heavy atom. The maximum absolute atomic E-state index is 12.3. The number of nitrogens with one attached hydrogen (secondary N) is 1. The third-order valence-electron chi connectivity index (χ3n) is 5.79. The summed E-state index contributed by atoms with van der Waals surface area (Å²) >= 11 is 0. The molecule has 0 unspecified atom stereocenters. The molecule has 0 spiro atoms. The van der Waals surface area contributed by atoms with Crippen LogP contribution < -0.4 is 16.6 Å². The van der Waals surface area contributed by atoms with Crippen molar-refractivity contribution in [3.63, 3.8) is 0 Å². The van der Waals surface area contributed by atoms with Gasteiger partial charge >= 0.3 is 0 Å². The molecule has 3 aromatic rings. The highest BCUT2D eigenvalue weighted by Crippen LogP contribution is 2.15. The molecule has 1 aromatic carbocycles. The Hall–Kier alpha value is -2.77. The van der Waals surface area contributed by atoms with E-state index in [9.17, 15) is 4.79 Å². The predicted octanol–water partition coefficient (Wildman–Crippen LogP) is 1.94. The molecule has 29 heavy (non-hydrogen) atoms. The summed E-state index contributed by atoms with van der Waals surface area (Å²) in [5.74, 6) is 0. The van der Waals surface area contributed by atoms with Crippen LogP contribution in [0.5, 0.6) is 0 Å². The number of nitrogens with two attached hydrogens (primary N) is 1. The van der Waals surface area contributed by atoms with Gasteiger partial charge in [0.2, 0.25) is 0 Å². The van der Waals surface area contributed by atoms with Gasteiger partial charge in [-0.2, -0.15) is 0 Å². The van der Waals surface area contributed by atoms with Gasteiger partial charge in [-0.15, -0.1) is 0 Å². The van der Waals surface area contributed by atoms with Gasteiger partial charge in [0, 0.05) is 37.6 Å². The Morgan fingerprint density at radius 3 is 2.79 bits per heavy atom. The van der Waals surface area contributed by atoms with E-state index in [1.54, 1.807) is 10.8 Å². The first-order chi connectivity index (χ1) is 14.1. The molecular weight excluding hydrogens is 364 g/mol. The van der Waals surface area contributed by atoms with Crippen molar-refractivity contribution in [2.45, 2.75) is 38.9 Å². The molecule has 3 N–H and O–H groups in total. The van der Waals surface area contributed by atoms with Crippen LogP contribution in [0.2, 0.25) is 0 Å². The second-order valence-electron chi connectivity index (χ2n) is 7.78. The summed E-state index contributed by atoms with van der Waals surface area (Å²) in [4.78, 5) is 23.1. The number of nitrogen functional groups attached to an aromatic ring is 1. The molecule has 1 fully saturated rings. The molecule has 0 radical (unpaired) electrons. The minimum atomic E-state index is -0.0700. The van der Waals surface area contributed by atoms with Crippen LogP contribution in [0.1, 0.15) is 24.0 Å². The van der Waals surface area contributed by atoms with Crippen LogP contribution in [-0.4, -0.2) is 45.1 Å². The highest BCUT2D eigenvalue weighted by molar-refractivity contribution is 5.69. The number of aryl methyl sites for hydroxylation is 1. The first kappa shape index (κ1) is 19.5. The number of rotatable bonds is 6. The van der Waals surface area contributed by atoms with Gasteiger partial charge in [-0.25, -0.2) is 9.97 Å². The molecule has 0 saturated carbocycles. The average Bonchev–Trinajstić information content (AvgIpc) is 2.75. The van der Waals surface area contributed by atoms with Gasteiger partial charge in [-0.05, 0) is 62.2 Å². The number of aromatic nitrogens is 3. The topological polar surface area (TPSA) is 89.1 Å². The summed E-state index contributed by atoms with van der Waals surface area (Å²) in [5.41, 5.74) is 10.6. The van der Waals surface area contributed by atoms with Crippen LogP contribution in [0.3, 0.4) is 0 Å². The minimum absolute atomic E-state index is 0.0700. The lowest BCUT2D eigenvalue weighted by atomic mass is 10.0. The van der Waals surface area contributed by atoms with E-state index < -0.39 is 0 Å². The second kappa shape index (κ2) is 8.71. The van der Waals surface area contributed by atoms with E-state index in [0.717, 1.165) is 55.8 Å². The molecule has 0 amide bonds. The Bertz CT molecular complexity index is 1040. The van der Waals surface area contributed by atoms with Crippen LogP contribution in [-0.2, 0) is 13.1 Å². The van der Waals surface area contributed by atoms with Gasteiger partial charge in [0.1, 0.15) is 0 Å². The van der Waals surface area contributed by atoms with Crippen LogP contribution in [0, 0.1) is 6.92 Å². The minimum Gasteiger partial charge on any atom is -0.399 e. The molecule has 2 aromatic heterocycles. The molecule has 7 heteroatoms. The van der Waals surface area contributed by atoms with E-state index in [4.69, 9.17) is 5.73 Å². The van der Waals surface area contributed by atoms with Crippen molar-refractivity contribution < 1.29 is 0 Å². The molecule has 0 bridgehead atoms. The fourth-order valence-electron chi connectivity index (χ4n) is 3.90. The summed E-state index contributed by atoms with van der Waals surface area (Å²) in [6, 6.07) is 10.5. The standard InChI is InChI=1S/C22H28N6O/c1-16-4-5-17(13-19(16)23)14-25-18-6-9-27(10-7-18)11-12-28-20-3-2-8-24-22(20)26-15-21(28)29/h2-5,8,13,15,18,25H,6-7,9-12,14,23H2,1H3. The number of benzene rings is 1. The zero-order chi connectivity index (χ0) is 20.2. The molecule has 0 aliphatic carbocycles. The van der Waals surface area contributed by atoms with Crippen molar-refractivity contribution in [2.24, 2.45) is 0 Å². The molecule has 4 rings (SSSR count). The predicted molar refractivity (Wildman–Crippen MR) is 116 cm³/mol. The zero-order valence-corrected chi connectivity index (χ0v) is 16.8. The van der Waals surface area contributed by atoms with Crippen LogP contribution in [0.4, 0.5) is 5.69 Å². The number of anilines is 1. The number of fused-ring (bicyclic) bond motifs is 1. The molecule has 0 atom stereocenters. The van der Waals surface area contributed by atoms with Crippen molar-refractivity contribution >= 4 is 16.9 Å². The molecular formula is C22H28N6O.